The van der Waals surface area contributed by atoms with Crippen LogP contribution in [0.1, 0.15) is 94.8 Å². The molecule has 0 radical (unpaired) electrons. The van der Waals surface area contributed by atoms with Gasteiger partial charge in [0.1, 0.15) is 0 Å². The molecule has 0 atom stereocenters. The van der Waals surface area contributed by atoms with Crippen LogP contribution in [0.15, 0.2) is 133 Å². The number of rotatable bonds is 8. The molecule has 0 N–H and O–H groups in total. The zero-order chi connectivity index (χ0) is 44.9. The minimum atomic E-state index is -0.201. The van der Waals surface area contributed by atoms with Crippen molar-refractivity contribution in [3.63, 3.8) is 0 Å². The summed E-state index contributed by atoms with van der Waals surface area (Å²) in [6.07, 6.45) is 2.88. The minimum absolute atomic E-state index is 0.138. The van der Waals surface area contributed by atoms with Crippen LogP contribution in [0.25, 0.3) is 108 Å². The van der Waals surface area contributed by atoms with Crippen LogP contribution in [-0.4, -0.2) is 45.5 Å². The van der Waals surface area contributed by atoms with Crippen molar-refractivity contribution in [1.29, 1.82) is 0 Å². The maximum absolute atomic E-state index is 14.0. The van der Waals surface area contributed by atoms with Gasteiger partial charge in [-0.15, -0.1) is 0 Å². The van der Waals surface area contributed by atoms with Crippen molar-refractivity contribution in [3.05, 3.63) is 156 Å². The van der Waals surface area contributed by atoms with E-state index in [4.69, 9.17) is 0 Å². The summed E-state index contributed by atoms with van der Waals surface area (Å²) in [6.45, 7) is 8.13. The molecule has 0 fully saturated rings. The van der Waals surface area contributed by atoms with Crippen LogP contribution >= 0.6 is 0 Å². The normalized spacial score (nSPS) is 14.3. The van der Waals surface area contributed by atoms with Gasteiger partial charge in [-0.1, -0.05) is 137 Å². The van der Waals surface area contributed by atoms with Crippen molar-refractivity contribution in [1.82, 2.24) is 9.80 Å². The number of carbonyl (C=O) groups excluding carboxylic acids is 4. The highest BCUT2D eigenvalue weighted by molar-refractivity contribution is 6.40. The number of nitrogens with zero attached hydrogens (tertiary/aromatic N) is 2. The minimum Gasteiger partial charge on any atom is -0.271 e. The van der Waals surface area contributed by atoms with E-state index in [9.17, 15) is 19.2 Å². The van der Waals surface area contributed by atoms with Crippen LogP contribution in [0.2, 0.25) is 0 Å². The van der Waals surface area contributed by atoms with Gasteiger partial charge in [0.25, 0.3) is 23.6 Å². The highest BCUT2D eigenvalue weighted by atomic mass is 16.2. The Morgan fingerprint density at radius 1 is 0.288 bits per heavy atom. The monoisotopic (exact) mass is 856 g/mol. The number of carbonyl (C=O) groups is 4. The van der Waals surface area contributed by atoms with E-state index in [1.54, 1.807) is 0 Å². The van der Waals surface area contributed by atoms with E-state index in [0.717, 1.165) is 123 Å². The molecular formula is C60H44N2O4. The van der Waals surface area contributed by atoms with Crippen LogP contribution in [0, 0.1) is 0 Å². The predicted octanol–water partition coefficient (Wildman–Crippen LogP) is 14.7. The first kappa shape index (κ1) is 38.7. The molecule has 0 unspecified atom stereocenters. The van der Waals surface area contributed by atoms with Gasteiger partial charge in [-0.2, -0.15) is 0 Å². The summed E-state index contributed by atoms with van der Waals surface area (Å²) in [4.78, 5) is 59.0. The fourth-order valence-corrected chi connectivity index (χ4v) is 12.3. The van der Waals surface area contributed by atoms with E-state index in [2.05, 4.69) is 109 Å². The first-order valence-corrected chi connectivity index (χ1v) is 23.5. The summed E-state index contributed by atoms with van der Waals surface area (Å²) in [5, 5.41) is 16.7. The van der Waals surface area contributed by atoms with Gasteiger partial charge in [0.2, 0.25) is 0 Å². The molecule has 0 saturated heterocycles. The highest BCUT2D eigenvalue weighted by Crippen LogP contribution is 2.48. The Morgan fingerprint density at radius 3 is 0.848 bits per heavy atom. The summed E-state index contributed by atoms with van der Waals surface area (Å²) in [5.41, 5.74) is 6.90. The maximum atomic E-state index is 14.0. The zero-order valence-electron chi connectivity index (χ0n) is 37.2. The van der Waals surface area contributed by atoms with Gasteiger partial charge in [0, 0.05) is 45.1 Å². The molecule has 6 nitrogen and oxygen atoms in total. The third-order valence-electron chi connectivity index (χ3n) is 15.5. The van der Waals surface area contributed by atoms with Crippen molar-refractivity contribution < 1.29 is 19.2 Å². The van der Waals surface area contributed by atoms with Gasteiger partial charge < -0.3 is 0 Å². The van der Waals surface area contributed by atoms with E-state index >= 15 is 0 Å². The summed E-state index contributed by atoms with van der Waals surface area (Å²) in [7, 11) is 0. The number of benzene rings is 11. The second-order valence-corrected chi connectivity index (χ2v) is 18.4. The van der Waals surface area contributed by atoms with Gasteiger partial charge in [0.05, 0.1) is 0 Å². The van der Waals surface area contributed by atoms with Crippen molar-refractivity contribution >= 4 is 110 Å². The Balaban J connectivity index is 0.927. The zero-order valence-corrected chi connectivity index (χ0v) is 37.2. The fraction of sp³-hybridized carbons (Fsp3) is 0.167. The Kier molecular flexibility index (Phi) is 8.16. The van der Waals surface area contributed by atoms with Crippen LogP contribution < -0.4 is 0 Å². The lowest BCUT2D eigenvalue weighted by Crippen LogP contribution is -2.46. The lowest BCUT2D eigenvalue weighted by Gasteiger charge is -2.33. The second kappa shape index (κ2) is 13.9. The molecule has 2 aliphatic heterocycles. The average molecular weight is 857 g/mol. The highest BCUT2D eigenvalue weighted by Gasteiger charge is 2.39. The lowest BCUT2D eigenvalue weighted by molar-refractivity contribution is 0.0514. The smallest absolute Gasteiger partial charge is 0.261 e. The quantitative estimate of drug-likeness (QED) is 0.0867. The molecule has 4 amide bonds. The molecular weight excluding hydrogens is 813 g/mol. The Hall–Kier alpha value is -7.70. The van der Waals surface area contributed by atoms with Crippen LogP contribution in [0.5, 0.6) is 0 Å². The number of amides is 4. The third-order valence-corrected chi connectivity index (χ3v) is 15.5. The van der Waals surface area contributed by atoms with Crippen molar-refractivity contribution in [3.8, 4) is 22.3 Å². The molecule has 318 valence electrons. The van der Waals surface area contributed by atoms with E-state index in [0.29, 0.717) is 22.3 Å². The molecule has 0 aliphatic carbocycles. The topological polar surface area (TPSA) is 74.8 Å². The largest absolute Gasteiger partial charge is 0.271 e. The molecule has 66 heavy (non-hydrogen) atoms. The van der Waals surface area contributed by atoms with Crippen LogP contribution in [0.3, 0.4) is 0 Å². The Bertz CT molecular complexity index is 3570. The maximum Gasteiger partial charge on any atom is 0.261 e. The van der Waals surface area contributed by atoms with E-state index in [1.165, 1.54) is 20.6 Å². The van der Waals surface area contributed by atoms with Gasteiger partial charge in [-0.05, 0) is 148 Å². The first-order chi connectivity index (χ1) is 32.3. The van der Waals surface area contributed by atoms with Gasteiger partial charge >= 0.3 is 0 Å². The van der Waals surface area contributed by atoms with E-state index in [-0.39, 0.29) is 35.7 Å². The lowest BCUT2D eigenvalue weighted by atomic mass is 9.83. The molecule has 11 aromatic carbocycles. The Labute approximate surface area is 380 Å². The summed E-state index contributed by atoms with van der Waals surface area (Å²) in [6, 6.07) is 46.5. The average Bonchev–Trinajstić information content (AvgIpc) is 3.36. The van der Waals surface area contributed by atoms with Gasteiger partial charge in [0.15, 0.2) is 0 Å². The predicted molar refractivity (Wildman–Crippen MR) is 269 cm³/mol. The number of hydrogen-bond acceptors (Lipinski definition) is 4. The van der Waals surface area contributed by atoms with Gasteiger partial charge in [-0.25, -0.2) is 0 Å². The molecule has 0 bridgehead atoms. The SMILES string of the molecule is CCC(CC)N1C(=O)c2ccc3c4cccc5c(-c6ccc(-c7ccc8c9ccc%10c%11c(ccc(c%12cccc7c%128)c%119)C(=O)N(C(CC)CC)C%10=O)cc6)ccc(c6ccc(c2c36)C1=O)c54. The molecule has 11 aromatic rings. The summed E-state index contributed by atoms with van der Waals surface area (Å²) in [5.74, 6) is -0.805. The van der Waals surface area contributed by atoms with Crippen LogP contribution in [0.4, 0.5) is 0 Å². The number of hydrogen-bond donors (Lipinski definition) is 0. The summed E-state index contributed by atoms with van der Waals surface area (Å²) < 4.78 is 0. The van der Waals surface area contributed by atoms with Crippen LogP contribution in [-0.2, 0) is 0 Å². The number of imide groups is 2. The molecule has 0 saturated carbocycles. The van der Waals surface area contributed by atoms with E-state index in [1.807, 2.05) is 52.0 Å². The third kappa shape index (κ3) is 4.86. The fourth-order valence-electron chi connectivity index (χ4n) is 12.3. The molecule has 2 heterocycles. The summed E-state index contributed by atoms with van der Waals surface area (Å²) >= 11 is 0. The van der Waals surface area contributed by atoms with Gasteiger partial charge in [-0.3, -0.25) is 29.0 Å². The van der Waals surface area contributed by atoms with Crippen molar-refractivity contribution in [2.24, 2.45) is 0 Å². The molecule has 2 aliphatic rings. The molecule has 6 heteroatoms. The Morgan fingerprint density at radius 2 is 0.545 bits per heavy atom. The molecule has 0 spiro atoms. The van der Waals surface area contributed by atoms with Crippen molar-refractivity contribution in [2.45, 2.75) is 65.5 Å². The van der Waals surface area contributed by atoms with Crippen molar-refractivity contribution in [2.75, 3.05) is 0 Å². The van der Waals surface area contributed by atoms with E-state index < -0.39 is 0 Å². The molecule has 13 rings (SSSR count). The second-order valence-electron chi connectivity index (χ2n) is 18.4. The standard InChI is InChI=1S/C60H44N2O4/c1-5-33(6-2)61-57(63)47-27-23-43-39-13-9-11-37-35(19-21-41(51(37)39)45-25-29-49(59(61)65)55(47)53(43)45)31-15-17-32(18-16-31)36-20-22-42-46-26-30-50-56-48(58(64)62(60(50)66)34(7-3)8-4)28-24-44(54(46)56)40-14-10-12-38(36)52(40)42/h9-30,33-34H,5-8H2,1-4H3. The molecule has 0 aromatic heterocycles. The number of fused-ring (bicyclic) bond motifs is 4. The first-order valence-electron chi connectivity index (χ1n) is 23.5.